The first-order valence-electron chi connectivity index (χ1n) is 9.26. The SMILES string of the molecule is Cc1ccccc1NC(=O)Nc1[c]cccc1N(CC(C)C)CC(C)C. The van der Waals surface area contributed by atoms with Crippen molar-refractivity contribution in [1.29, 1.82) is 0 Å². The molecule has 2 aromatic rings. The van der Waals surface area contributed by atoms with E-state index in [-0.39, 0.29) is 6.03 Å². The third-order valence-corrected chi connectivity index (χ3v) is 3.98. The van der Waals surface area contributed by atoms with Crippen molar-refractivity contribution in [2.24, 2.45) is 11.8 Å². The maximum atomic E-state index is 12.5. The largest absolute Gasteiger partial charge is 0.369 e. The predicted molar refractivity (Wildman–Crippen MR) is 111 cm³/mol. The number of benzene rings is 2. The minimum atomic E-state index is -0.253. The zero-order chi connectivity index (χ0) is 19.1. The average molecular weight is 353 g/mol. The predicted octanol–water partition coefficient (Wildman–Crippen LogP) is 5.56. The van der Waals surface area contributed by atoms with Crippen LogP contribution in [0.25, 0.3) is 0 Å². The van der Waals surface area contributed by atoms with Gasteiger partial charge in [-0.15, -0.1) is 0 Å². The molecule has 0 atom stereocenters. The van der Waals surface area contributed by atoms with E-state index in [1.54, 1.807) is 0 Å². The number of nitrogens with one attached hydrogen (secondary N) is 2. The first-order valence-corrected chi connectivity index (χ1v) is 9.26. The molecule has 2 aromatic carbocycles. The van der Waals surface area contributed by atoms with Crippen LogP contribution in [-0.2, 0) is 0 Å². The number of urea groups is 1. The standard InChI is InChI=1S/C22H30N3O/c1-16(2)14-25(15-17(3)4)21-13-9-8-12-20(21)24-22(26)23-19-11-7-6-10-18(19)5/h6-11,13,16-17H,14-15H2,1-5H3,(H2,23,24,26). The first kappa shape index (κ1) is 19.8. The summed E-state index contributed by atoms with van der Waals surface area (Å²) in [6, 6.07) is 16.5. The summed E-state index contributed by atoms with van der Waals surface area (Å²) in [5, 5.41) is 5.88. The number of carbonyl (C=O) groups excluding carboxylic acids is 1. The summed E-state index contributed by atoms with van der Waals surface area (Å²) >= 11 is 0. The lowest BCUT2D eigenvalue weighted by Crippen LogP contribution is -2.32. The Morgan fingerprint density at radius 1 is 1.00 bits per heavy atom. The summed E-state index contributed by atoms with van der Waals surface area (Å²) in [5.74, 6) is 1.06. The Morgan fingerprint density at radius 2 is 1.65 bits per heavy atom. The Balaban J connectivity index is 2.19. The molecule has 4 heteroatoms. The van der Waals surface area contributed by atoms with E-state index >= 15 is 0 Å². The number of anilines is 3. The van der Waals surface area contributed by atoms with Gasteiger partial charge in [0.15, 0.2) is 0 Å². The molecule has 4 nitrogen and oxygen atoms in total. The lowest BCUT2D eigenvalue weighted by atomic mass is 10.1. The molecule has 0 heterocycles. The summed E-state index contributed by atoms with van der Waals surface area (Å²) < 4.78 is 0. The maximum Gasteiger partial charge on any atom is 0.323 e. The summed E-state index contributed by atoms with van der Waals surface area (Å²) in [6.07, 6.45) is 0. The molecule has 0 fully saturated rings. The zero-order valence-corrected chi connectivity index (χ0v) is 16.5. The molecule has 0 unspecified atom stereocenters. The van der Waals surface area contributed by atoms with Gasteiger partial charge < -0.3 is 15.5 Å². The Kier molecular flexibility index (Phi) is 7.07. The Bertz CT molecular complexity index is 715. The minimum absolute atomic E-state index is 0.253. The van der Waals surface area contributed by atoms with Gasteiger partial charge in [0.05, 0.1) is 11.4 Å². The van der Waals surface area contributed by atoms with E-state index in [1.165, 1.54) is 0 Å². The molecule has 0 aliphatic carbocycles. The molecular formula is C22H30N3O. The second-order valence-corrected chi connectivity index (χ2v) is 7.52. The van der Waals surface area contributed by atoms with Gasteiger partial charge in [-0.3, -0.25) is 0 Å². The van der Waals surface area contributed by atoms with Gasteiger partial charge in [0, 0.05) is 24.8 Å². The fourth-order valence-corrected chi connectivity index (χ4v) is 2.92. The summed E-state index contributed by atoms with van der Waals surface area (Å²) in [7, 11) is 0. The van der Waals surface area contributed by atoms with Crippen molar-refractivity contribution in [3.8, 4) is 0 Å². The van der Waals surface area contributed by atoms with Gasteiger partial charge in [-0.05, 0) is 36.5 Å². The van der Waals surface area contributed by atoms with Crippen molar-refractivity contribution >= 4 is 23.1 Å². The second kappa shape index (κ2) is 9.27. The molecule has 0 aromatic heterocycles. The van der Waals surface area contributed by atoms with Crippen molar-refractivity contribution in [2.75, 3.05) is 28.6 Å². The average Bonchev–Trinajstić information content (AvgIpc) is 2.56. The van der Waals surface area contributed by atoms with Crippen LogP contribution >= 0.6 is 0 Å². The van der Waals surface area contributed by atoms with Crippen LogP contribution in [0.3, 0.4) is 0 Å². The molecule has 2 rings (SSSR count). The van der Waals surface area contributed by atoms with E-state index in [9.17, 15) is 4.79 Å². The van der Waals surface area contributed by atoms with Gasteiger partial charge >= 0.3 is 6.03 Å². The van der Waals surface area contributed by atoms with Crippen LogP contribution in [0.5, 0.6) is 0 Å². The topological polar surface area (TPSA) is 44.4 Å². The van der Waals surface area contributed by atoms with Gasteiger partial charge in [0.2, 0.25) is 0 Å². The highest BCUT2D eigenvalue weighted by Crippen LogP contribution is 2.27. The van der Waals surface area contributed by atoms with Gasteiger partial charge in [-0.2, -0.15) is 0 Å². The number of rotatable bonds is 7. The van der Waals surface area contributed by atoms with Crippen LogP contribution < -0.4 is 15.5 Å². The monoisotopic (exact) mass is 352 g/mol. The molecule has 0 saturated heterocycles. The summed E-state index contributed by atoms with van der Waals surface area (Å²) in [5.41, 5.74) is 3.56. The number of hydrogen-bond acceptors (Lipinski definition) is 2. The molecular weight excluding hydrogens is 322 g/mol. The molecule has 0 bridgehead atoms. The van der Waals surface area contributed by atoms with Crippen LogP contribution in [0.1, 0.15) is 33.3 Å². The number of carbonyl (C=O) groups is 1. The van der Waals surface area contributed by atoms with E-state index in [0.29, 0.717) is 17.5 Å². The summed E-state index contributed by atoms with van der Waals surface area (Å²) in [6.45, 7) is 12.7. The molecule has 0 saturated carbocycles. The Hall–Kier alpha value is -2.49. The quantitative estimate of drug-likeness (QED) is 0.685. The summed E-state index contributed by atoms with van der Waals surface area (Å²) in [4.78, 5) is 14.8. The maximum absolute atomic E-state index is 12.5. The highest BCUT2D eigenvalue weighted by molar-refractivity contribution is 6.02. The smallest absolute Gasteiger partial charge is 0.323 e. The molecule has 2 amide bonds. The molecule has 1 radical (unpaired) electrons. The van der Waals surface area contributed by atoms with Gasteiger partial charge in [0.25, 0.3) is 0 Å². The van der Waals surface area contributed by atoms with E-state index in [4.69, 9.17) is 0 Å². The normalized spacial score (nSPS) is 10.9. The number of amides is 2. The van der Waals surface area contributed by atoms with E-state index in [1.807, 2.05) is 49.4 Å². The fourth-order valence-electron chi connectivity index (χ4n) is 2.92. The Labute approximate surface area is 157 Å². The number of hydrogen-bond donors (Lipinski definition) is 2. The van der Waals surface area contributed by atoms with Crippen molar-refractivity contribution < 1.29 is 4.79 Å². The zero-order valence-electron chi connectivity index (χ0n) is 16.5. The second-order valence-electron chi connectivity index (χ2n) is 7.52. The van der Waals surface area contributed by atoms with Crippen LogP contribution in [0.15, 0.2) is 42.5 Å². The molecule has 0 spiro atoms. The minimum Gasteiger partial charge on any atom is -0.369 e. The van der Waals surface area contributed by atoms with E-state index in [2.05, 4.69) is 49.3 Å². The van der Waals surface area contributed by atoms with Crippen LogP contribution in [0, 0.1) is 24.8 Å². The van der Waals surface area contributed by atoms with Gasteiger partial charge in [0.1, 0.15) is 0 Å². The highest BCUT2D eigenvalue weighted by Gasteiger charge is 2.16. The molecule has 2 N–H and O–H groups in total. The van der Waals surface area contributed by atoms with E-state index < -0.39 is 0 Å². The van der Waals surface area contributed by atoms with Gasteiger partial charge in [-0.1, -0.05) is 58.0 Å². The van der Waals surface area contributed by atoms with Gasteiger partial charge in [-0.25, -0.2) is 4.79 Å². The van der Waals surface area contributed by atoms with Crippen LogP contribution in [0.2, 0.25) is 0 Å². The van der Waals surface area contributed by atoms with Crippen molar-refractivity contribution in [3.63, 3.8) is 0 Å². The lowest BCUT2D eigenvalue weighted by molar-refractivity contribution is 0.262. The number of aryl methyl sites for hydroxylation is 1. The number of nitrogens with zero attached hydrogens (tertiary/aromatic N) is 1. The Morgan fingerprint density at radius 3 is 2.27 bits per heavy atom. The van der Waals surface area contributed by atoms with Crippen LogP contribution in [0.4, 0.5) is 21.9 Å². The lowest BCUT2D eigenvalue weighted by Gasteiger charge is -2.30. The number of para-hydroxylation sites is 2. The van der Waals surface area contributed by atoms with Crippen LogP contribution in [-0.4, -0.2) is 19.1 Å². The highest BCUT2D eigenvalue weighted by atomic mass is 16.2. The molecule has 26 heavy (non-hydrogen) atoms. The molecule has 0 aliphatic rings. The third-order valence-electron chi connectivity index (χ3n) is 3.98. The third kappa shape index (κ3) is 5.80. The first-order chi connectivity index (χ1) is 12.4. The van der Waals surface area contributed by atoms with Crippen molar-refractivity contribution in [2.45, 2.75) is 34.6 Å². The molecule has 0 aliphatic heterocycles. The molecule has 139 valence electrons. The van der Waals surface area contributed by atoms with Crippen molar-refractivity contribution in [3.05, 3.63) is 54.1 Å². The van der Waals surface area contributed by atoms with Crippen molar-refractivity contribution in [1.82, 2.24) is 0 Å². The van der Waals surface area contributed by atoms with E-state index in [0.717, 1.165) is 30.0 Å². The fraction of sp³-hybridized carbons (Fsp3) is 0.409.